The van der Waals surface area contributed by atoms with Crippen molar-refractivity contribution in [2.24, 2.45) is 4.99 Å². The minimum absolute atomic E-state index is 0.0735. The fourth-order valence-electron chi connectivity index (χ4n) is 4.42. The summed E-state index contributed by atoms with van der Waals surface area (Å²) in [7, 11) is 0. The van der Waals surface area contributed by atoms with Gasteiger partial charge in [-0.1, -0.05) is 82.7 Å². The second-order valence-corrected chi connectivity index (χ2v) is 10.6. The van der Waals surface area contributed by atoms with E-state index in [1.54, 1.807) is 4.90 Å². The zero-order valence-electron chi connectivity index (χ0n) is 19.8. The Kier molecular flexibility index (Phi) is 6.51. The van der Waals surface area contributed by atoms with Crippen LogP contribution in [0, 0.1) is 0 Å². The standard InChI is InChI=1S/C31H22BrN3OS/c32-24-17-15-22(16-18-24)20-34-21-23(27-13-7-8-14-28(27)34)19-29-30(36)35(26-11-5-2-6-12-26)31(37-29)33-25-9-3-1-4-10-25/h1-19,21H,20H2/b29-19+,33-31?. The Morgan fingerprint density at radius 1 is 0.811 bits per heavy atom. The number of aliphatic imine (C=N–C) groups is 1. The van der Waals surface area contributed by atoms with Gasteiger partial charge in [-0.25, -0.2) is 4.99 Å². The van der Waals surface area contributed by atoms with Gasteiger partial charge in [0.1, 0.15) is 0 Å². The maximum Gasteiger partial charge on any atom is 0.271 e. The number of amidine groups is 1. The van der Waals surface area contributed by atoms with Crippen molar-refractivity contribution in [3.8, 4) is 0 Å². The SMILES string of the molecule is O=C1/C(=C\c2cn(Cc3ccc(Br)cc3)c3ccccc23)SC(=Nc2ccccc2)N1c1ccccc1. The minimum Gasteiger partial charge on any atom is -0.342 e. The van der Waals surface area contributed by atoms with Crippen molar-refractivity contribution in [3.63, 3.8) is 0 Å². The van der Waals surface area contributed by atoms with E-state index < -0.39 is 0 Å². The zero-order chi connectivity index (χ0) is 25.2. The molecule has 1 saturated heterocycles. The van der Waals surface area contributed by atoms with E-state index >= 15 is 0 Å². The molecule has 6 heteroatoms. The van der Waals surface area contributed by atoms with Gasteiger partial charge in [-0.15, -0.1) is 0 Å². The van der Waals surface area contributed by atoms with Crippen molar-refractivity contribution in [1.29, 1.82) is 0 Å². The van der Waals surface area contributed by atoms with Gasteiger partial charge in [-0.3, -0.25) is 9.69 Å². The van der Waals surface area contributed by atoms with Crippen LogP contribution in [0.4, 0.5) is 11.4 Å². The summed E-state index contributed by atoms with van der Waals surface area (Å²) in [5.41, 5.74) is 4.96. The highest BCUT2D eigenvalue weighted by atomic mass is 79.9. The van der Waals surface area contributed by atoms with Gasteiger partial charge >= 0.3 is 0 Å². The summed E-state index contributed by atoms with van der Waals surface area (Å²) in [6, 6.07) is 36.1. The first kappa shape index (κ1) is 23.5. The van der Waals surface area contributed by atoms with Crippen molar-refractivity contribution in [2.45, 2.75) is 6.54 Å². The highest BCUT2D eigenvalue weighted by molar-refractivity contribution is 9.10. The van der Waals surface area contributed by atoms with Gasteiger partial charge in [0, 0.05) is 33.7 Å². The van der Waals surface area contributed by atoms with E-state index in [0.29, 0.717) is 10.1 Å². The van der Waals surface area contributed by atoms with Crippen molar-refractivity contribution in [2.75, 3.05) is 4.90 Å². The number of hydrogen-bond donors (Lipinski definition) is 0. The molecule has 4 nitrogen and oxygen atoms in total. The molecule has 0 unspecified atom stereocenters. The van der Waals surface area contributed by atoms with Gasteiger partial charge in [-0.2, -0.15) is 0 Å². The van der Waals surface area contributed by atoms with Gasteiger partial charge < -0.3 is 4.57 Å². The zero-order valence-corrected chi connectivity index (χ0v) is 22.2. The monoisotopic (exact) mass is 563 g/mol. The number of para-hydroxylation sites is 3. The van der Waals surface area contributed by atoms with E-state index in [0.717, 1.165) is 38.9 Å². The Morgan fingerprint density at radius 3 is 2.24 bits per heavy atom. The molecule has 0 saturated carbocycles. The van der Waals surface area contributed by atoms with Crippen molar-refractivity contribution < 1.29 is 4.79 Å². The molecule has 1 fully saturated rings. The molecule has 180 valence electrons. The molecular weight excluding hydrogens is 542 g/mol. The minimum atomic E-state index is -0.0735. The quantitative estimate of drug-likeness (QED) is 0.202. The summed E-state index contributed by atoms with van der Waals surface area (Å²) in [5, 5.41) is 1.76. The molecule has 0 radical (unpaired) electrons. The van der Waals surface area contributed by atoms with Gasteiger partial charge in [0.05, 0.1) is 16.3 Å². The van der Waals surface area contributed by atoms with Crippen LogP contribution in [-0.2, 0) is 11.3 Å². The first-order chi connectivity index (χ1) is 18.2. The molecule has 1 amide bonds. The van der Waals surface area contributed by atoms with Gasteiger partial charge in [0.2, 0.25) is 0 Å². The molecule has 2 heterocycles. The summed E-state index contributed by atoms with van der Waals surface area (Å²) in [6.45, 7) is 0.745. The van der Waals surface area contributed by atoms with E-state index in [-0.39, 0.29) is 5.91 Å². The first-order valence-corrected chi connectivity index (χ1v) is 13.5. The van der Waals surface area contributed by atoms with E-state index in [4.69, 9.17) is 4.99 Å². The van der Waals surface area contributed by atoms with E-state index in [1.807, 2.05) is 72.8 Å². The topological polar surface area (TPSA) is 37.6 Å². The molecule has 1 aromatic heterocycles. The number of anilines is 1. The molecule has 0 bridgehead atoms. The number of fused-ring (bicyclic) bond motifs is 1. The molecule has 37 heavy (non-hydrogen) atoms. The largest absolute Gasteiger partial charge is 0.342 e. The van der Waals surface area contributed by atoms with Crippen molar-refractivity contribution in [1.82, 2.24) is 4.57 Å². The lowest BCUT2D eigenvalue weighted by Gasteiger charge is -2.15. The summed E-state index contributed by atoms with van der Waals surface area (Å²) in [4.78, 5) is 20.9. The predicted octanol–water partition coefficient (Wildman–Crippen LogP) is 8.26. The van der Waals surface area contributed by atoms with Crippen LogP contribution in [-0.4, -0.2) is 15.6 Å². The Morgan fingerprint density at radius 2 is 1.49 bits per heavy atom. The fraction of sp³-hybridized carbons (Fsp3) is 0.0323. The molecule has 6 rings (SSSR count). The molecule has 0 N–H and O–H groups in total. The summed E-state index contributed by atoms with van der Waals surface area (Å²) < 4.78 is 3.30. The lowest BCUT2D eigenvalue weighted by molar-refractivity contribution is -0.113. The molecular formula is C31H22BrN3OS. The maximum atomic E-state index is 13.7. The second-order valence-electron chi connectivity index (χ2n) is 8.67. The number of carbonyl (C=O) groups excluding carboxylic acids is 1. The van der Waals surface area contributed by atoms with E-state index in [9.17, 15) is 4.79 Å². The average molecular weight is 565 g/mol. The highest BCUT2D eigenvalue weighted by Gasteiger charge is 2.35. The molecule has 0 aliphatic carbocycles. The summed E-state index contributed by atoms with van der Waals surface area (Å²) in [5.74, 6) is -0.0735. The third-order valence-corrected chi connectivity index (χ3v) is 7.67. The number of amides is 1. The third-order valence-electron chi connectivity index (χ3n) is 6.17. The van der Waals surface area contributed by atoms with Gasteiger partial charge in [-0.05, 0) is 65.9 Å². The van der Waals surface area contributed by atoms with Crippen LogP contribution in [0.2, 0.25) is 0 Å². The smallest absolute Gasteiger partial charge is 0.271 e. The van der Waals surface area contributed by atoms with Crippen LogP contribution in [0.25, 0.3) is 17.0 Å². The van der Waals surface area contributed by atoms with Crippen LogP contribution in [0.5, 0.6) is 0 Å². The number of benzene rings is 4. The Labute approximate surface area is 228 Å². The van der Waals surface area contributed by atoms with E-state index in [2.05, 4.69) is 69.2 Å². The number of nitrogens with zero attached hydrogens (tertiary/aromatic N) is 3. The molecule has 1 aliphatic rings. The van der Waals surface area contributed by atoms with Gasteiger partial charge in [0.25, 0.3) is 5.91 Å². The average Bonchev–Trinajstić information content (AvgIpc) is 3.43. The third kappa shape index (κ3) is 4.90. The molecule has 0 spiro atoms. The normalized spacial score (nSPS) is 15.8. The molecule has 1 aliphatic heterocycles. The predicted molar refractivity (Wildman–Crippen MR) is 158 cm³/mol. The number of carbonyl (C=O) groups is 1. The number of aromatic nitrogens is 1. The van der Waals surface area contributed by atoms with Gasteiger partial charge in [0.15, 0.2) is 5.17 Å². The summed E-state index contributed by atoms with van der Waals surface area (Å²) >= 11 is 4.92. The fourth-order valence-corrected chi connectivity index (χ4v) is 5.67. The van der Waals surface area contributed by atoms with Crippen LogP contribution >= 0.6 is 27.7 Å². The Hall–Kier alpha value is -3.87. The maximum absolute atomic E-state index is 13.7. The van der Waals surface area contributed by atoms with Crippen LogP contribution in [0.15, 0.2) is 130 Å². The lowest BCUT2D eigenvalue weighted by Crippen LogP contribution is -2.28. The Balaban J connectivity index is 1.41. The number of halogens is 1. The molecule has 5 aromatic rings. The number of rotatable bonds is 5. The highest BCUT2D eigenvalue weighted by Crippen LogP contribution is 2.38. The number of hydrogen-bond acceptors (Lipinski definition) is 3. The molecule has 4 aromatic carbocycles. The second kappa shape index (κ2) is 10.2. The Bertz CT molecular complexity index is 1640. The summed E-state index contributed by atoms with van der Waals surface area (Å²) in [6.07, 6.45) is 4.13. The first-order valence-electron chi connectivity index (χ1n) is 11.9. The van der Waals surface area contributed by atoms with Crippen molar-refractivity contribution >= 4 is 67.1 Å². The van der Waals surface area contributed by atoms with Crippen molar-refractivity contribution in [3.05, 3.63) is 136 Å². The number of thioether (sulfide) groups is 1. The van der Waals surface area contributed by atoms with E-state index in [1.165, 1.54) is 17.3 Å². The van der Waals surface area contributed by atoms with Crippen LogP contribution in [0.1, 0.15) is 11.1 Å². The molecule has 0 atom stereocenters. The van der Waals surface area contributed by atoms with Crippen LogP contribution in [0.3, 0.4) is 0 Å². The lowest BCUT2D eigenvalue weighted by atomic mass is 10.1. The van der Waals surface area contributed by atoms with Crippen LogP contribution < -0.4 is 4.90 Å².